The van der Waals surface area contributed by atoms with E-state index in [1.807, 2.05) is 54.6 Å². The van der Waals surface area contributed by atoms with E-state index in [1.54, 1.807) is 0 Å². The number of hydrogen-bond donors (Lipinski definition) is 0. The van der Waals surface area contributed by atoms with Crippen molar-refractivity contribution in [2.75, 3.05) is 0 Å². The van der Waals surface area contributed by atoms with E-state index in [9.17, 15) is 0 Å². The summed E-state index contributed by atoms with van der Waals surface area (Å²) >= 11 is 0. The fourth-order valence-electron chi connectivity index (χ4n) is 7.90. The lowest BCUT2D eigenvalue weighted by Gasteiger charge is -2.14. The van der Waals surface area contributed by atoms with Gasteiger partial charge in [0.2, 0.25) is 0 Å². The predicted octanol–water partition coefficient (Wildman–Crippen LogP) is 12.0. The monoisotopic (exact) mass is 743 g/mol. The summed E-state index contributed by atoms with van der Waals surface area (Å²) in [5, 5.41) is 2.08. The molecule has 7 heteroatoms. The molecule has 3 aromatic heterocycles. The molecular formula is C51H33N7. The molecule has 11 rings (SSSR count). The van der Waals surface area contributed by atoms with Crippen molar-refractivity contribution >= 4 is 32.8 Å². The van der Waals surface area contributed by atoms with E-state index < -0.39 is 0 Å². The first-order valence-electron chi connectivity index (χ1n) is 19.3. The van der Waals surface area contributed by atoms with Crippen LogP contribution in [0.2, 0.25) is 0 Å². The van der Waals surface area contributed by atoms with Gasteiger partial charge in [0.15, 0.2) is 17.5 Å². The zero-order valence-electron chi connectivity index (χ0n) is 31.2. The Balaban J connectivity index is 1.06. The first-order valence-corrected chi connectivity index (χ1v) is 19.3. The van der Waals surface area contributed by atoms with E-state index in [-0.39, 0.29) is 0 Å². The summed E-state index contributed by atoms with van der Waals surface area (Å²) in [6.07, 6.45) is 0. The van der Waals surface area contributed by atoms with Crippen molar-refractivity contribution in [1.29, 1.82) is 0 Å². The Bertz CT molecular complexity index is 3260. The molecule has 0 N–H and O–H groups in total. The second kappa shape index (κ2) is 13.9. The highest BCUT2D eigenvalue weighted by Gasteiger charge is 2.21. The zero-order valence-corrected chi connectivity index (χ0v) is 31.2. The minimum absolute atomic E-state index is 0.589. The largest absolute Gasteiger partial charge is 0.292 e. The van der Waals surface area contributed by atoms with Gasteiger partial charge in [-0.1, -0.05) is 140 Å². The standard InChI is InChI=1S/C51H33N7/c1-4-16-34(17-5-1)47-54-48(35-28-30-36(31-29-35)50-52-43-24-12-14-26-45(43)57(50)37-18-6-2-7-19-37)56-49(55-47)41-32-33-42(40-23-11-10-22-39(40)41)51-53-44-25-13-15-27-46(44)58(51)38-20-8-3-9-21-38/h1-33H. The van der Waals surface area contributed by atoms with Gasteiger partial charge in [-0.05, 0) is 71.4 Å². The van der Waals surface area contributed by atoms with Crippen LogP contribution in [-0.2, 0) is 0 Å². The summed E-state index contributed by atoms with van der Waals surface area (Å²) < 4.78 is 4.45. The van der Waals surface area contributed by atoms with Crippen LogP contribution >= 0.6 is 0 Å². The number of rotatable bonds is 7. The molecule has 272 valence electrons. The van der Waals surface area contributed by atoms with Crippen LogP contribution in [0.15, 0.2) is 200 Å². The van der Waals surface area contributed by atoms with Gasteiger partial charge < -0.3 is 0 Å². The lowest BCUT2D eigenvalue weighted by Crippen LogP contribution is -2.02. The molecule has 8 aromatic carbocycles. The van der Waals surface area contributed by atoms with Crippen LogP contribution in [0.1, 0.15) is 0 Å². The third-order valence-electron chi connectivity index (χ3n) is 10.6. The molecule has 0 aliphatic rings. The van der Waals surface area contributed by atoms with Gasteiger partial charge in [-0.15, -0.1) is 0 Å². The summed E-state index contributed by atoms with van der Waals surface area (Å²) in [6.45, 7) is 0. The minimum atomic E-state index is 0.589. The Labute approximate surface area is 334 Å². The molecule has 0 saturated heterocycles. The summed E-state index contributed by atoms with van der Waals surface area (Å²) in [6, 6.07) is 68.5. The molecule has 0 atom stereocenters. The molecule has 0 unspecified atom stereocenters. The Morgan fingerprint density at radius 1 is 0.276 bits per heavy atom. The molecule has 0 radical (unpaired) electrons. The molecule has 0 saturated carbocycles. The summed E-state index contributed by atoms with van der Waals surface area (Å²) in [7, 11) is 0. The molecule has 58 heavy (non-hydrogen) atoms. The van der Waals surface area contributed by atoms with Crippen molar-refractivity contribution in [2.24, 2.45) is 0 Å². The Kier molecular flexibility index (Phi) is 8.00. The highest BCUT2D eigenvalue weighted by Crippen LogP contribution is 2.38. The van der Waals surface area contributed by atoms with Crippen molar-refractivity contribution < 1.29 is 0 Å². The maximum absolute atomic E-state index is 5.20. The second-order valence-electron chi connectivity index (χ2n) is 14.1. The van der Waals surface area contributed by atoms with Crippen molar-refractivity contribution in [3.05, 3.63) is 200 Å². The number of imidazole rings is 2. The smallest absolute Gasteiger partial charge is 0.164 e. The van der Waals surface area contributed by atoms with E-state index in [1.165, 1.54) is 0 Å². The Hall–Kier alpha value is -8.03. The topological polar surface area (TPSA) is 74.3 Å². The predicted molar refractivity (Wildman–Crippen MR) is 234 cm³/mol. The average Bonchev–Trinajstić information content (AvgIpc) is 3.89. The number of benzene rings is 8. The molecule has 3 heterocycles. The molecule has 0 fully saturated rings. The van der Waals surface area contributed by atoms with Crippen LogP contribution in [-0.4, -0.2) is 34.1 Å². The molecular weight excluding hydrogens is 711 g/mol. The third-order valence-corrected chi connectivity index (χ3v) is 10.6. The fraction of sp³-hybridized carbons (Fsp3) is 0. The summed E-state index contributed by atoms with van der Waals surface area (Å²) in [4.78, 5) is 25.7. The molecule has 7 nitrogen and oxygen atoms in total. The number of aromatic nitrogens is 7. The van der Waals surface area contributed by atoms with Gasteiger partial charge in [-0.3, -0.25) is 9.13 Å². The second-order valence-corrected chi connectivity index (χ2v) is 14.1. The summed E-state index contributed by atoms with van der Waals surface area (Å²) in [5.41, 5.74) is 10.8. The molecule has 11 aromatic rings. The van der Waals surface area contributed by atoms with Crippen LogP contribution in [0.25, 0.3) is 101 Å². The Morgan fingerprint density at radius 2 is 0.690 bits per heavy atom. The highest BCUT2D eigenvalue weighted by molar-refractivity contribution is 6.04. The average molecular weight is 744 g/mol. The van der Waals surface area contributed by atoms with Gasteiger partial charge >= 0.3 is 0 Å². The van der Waals surface area contributed by atoms with Crippen LogP contribution in [0.4, 0.5) is 0 Å². The fourth-order valence-corrected chi connectivity index (χ4v) is 7.90. The molecule has 0 bridgehead atoms. The number of para-hydroxylation sites is 6. The first-order chi connectivity index (χ1) is 28.8. The first kappa shape index (κ1) is 33.3. The van der Waals surface area contributed by atoms with E-state index in [0.29, 0.717) is 17.5 Å². The van der Waals surface area contributed by atoms with Crippen LogP contribution in [0.3, 0.4) is 0 Å². The van der Waals surface area contributed by atoms with E-state index in [4.69, 9.17) is 24.9 Å². The highest BCUT2D eigenvalue weighted by atomic mass is 15.1. The van der Waals surface area contributed by atoms with Gasteiger partial charge in [0.05, 0.1) is 22.1 Å². The number of nitrogens with zero attached hydrogens (tertiary/aromatic N) is 7. The third kappa shape index (κ3) is 5.72. The number of hydrogen-bond acceptors (Lipinski definition) is 5. The van der Waals surface area contributed by atoms with Gasteiger partial charge in [-0.25, -0.2) is 24.9 Å². The minimum Gasteiger partial charge on any atom is -0.292 e. The van der Waals surface area contributed by atoms with Gasteiger partial charge in [0.1, 0.15) is 11.6 Å². The van der Waals surface area contributed by atoms with Crippen molar-refractivity contribution in [2.45, 2.75) is 0 Å². The van der Waals surface area contributed by atoms with Crippen LogP contribution in [0.5, 0.6) is 0 Å². The van der Waals surface area contributed by atoms with Crippen molar-refractivity contribution in [3.8, 4) is 68.3 Å². The zero-order chi connectivity index (χ0) is 38.4. The quantitative estimate of drug-likeness (QED) is 0.162. The molecule has 0 aliphatic heterocycles. The SMILES string of the molecule is c1ccc(-c2nc(-c3ccc(-c4nc5ccccc5n4-c4ccccc4)cc3)nc(-c3ccc(-c4nc5ccccc5n4-c4ccccc4)c4ccccc34)n2)cc1. The van der Waals surface area contributed by atoms with Gasteiger partial charge in [-0.2, -0.15) is 0 Å². The Morgan fingerprint density at radius 3 is 1.29 bits per heavy atom. The van der Waals surface area contributed by atoms with E-state index >= 15 is 0 Å². The van der Waals surface area contributed by atoms with Gasteiger partial charge in [0, 0.05) is 39.2 Å². The molecule has 0 spiro atoms. The maximum atomic E-state index is 5.20. The molecule has 0 amide bonds. The lowest BCUT2D eigenvalue weighted by atomic mass is 9.98. The van der Waals surface area contributed by atoms with Crippen molar-refractivity contribution in [3.63, 3.8) is 0 Å². The van der Waals surface area contributed by atoms with Crippen molar-refractivity contribution in [1.82, 2.24) is 34.1 Å². The summed E-state index contributed by atoms with van der Waals surface area (Å²) in [5.74, 6) is 3.53. The normalized spacial score (nSPS) is 11.4. The van der Waals surface area contributed by atoms with E-state index in [2.05, 4.69) is 155 Å². The van der Waals surface area contributed by atoms with Crippen LogP contribution in [0, 0.1) is 0 Å². The van der Waals surface area contributed by atoms with E-state index in [0.717, 1.165) is 83.7 Å². The molecule has 0 aliphatic carbocycles. The maximum Gasteiger partial charge on any atom is 0.164 e. The van der Waals surface area contributed by atoms with Crippen LogP contribution < -0.4 is 0 Å². The number of fused-ring (bicyclic) bond motifs is 3. The van der Waals surface area contributed by atoms with Gasteiger partial charge in [0.25, 0.3) is 0 Å². The lowest BCUT2D eigenvalue weighted by molar-refractivity contribution is 1.07.